The van der Waals surface area contributed by atoms with Crippen LogP contribution in [0.4, 0.5) is 0 Å². The van der Waals surface area contributed by atoms with E-state index in [1.54, 1.807) is 0 Å². The minimum atomic E-state index is 0.332. The van der Waals surface area contributed by atoms with Gasteiger partial charge in [0.05, 0.1) is 0 Å². The molecule has 0 radical (unpaired) electrons. The molecule has 98 valence electrons. The van der Waals surface area contributed by atoms with Gasteiger partial charge in [0, 0.05) is 18.8 Å². The number of likely N-dealkylation sites (tertiary alicyclic amines) is 1. The molecule has 0 aromatic rings. The third-order valence-electron chi connectivity index (χ3n) is 3.12. The second-order valence-electron chi connectivity index (χ2n) is 6.14. The Balaban J connectivity index is 2.41. The molecule has 1 saturated heterocycles. The summed E-state index contributed by atoms with van der Waals surface area (Å²) in [5.74, 6) is 0.656. The highest BCUT2D eigenvalue weighted by atomic mass is 15.3. The normalized spacial score (nSPS) is 18.3. The second kappa shape index (κ2) is 6.08. The molecule has 1 aliphatic rings. The van der Waals surface area contributed by atoms with Gasteiger partial charge in [0.15, 0.2) is 5.96 Å². The van der Waals surface area contributed by atoms with Gasteiger partial charge in [-0.3, -0.25) is 0 Å². The van der Waals surface area contributed by atoms with Crippen molar-refractivity contribution in [2.24, 2.45) is 16.1 Å². The molecule has 1 fully saturated rings. The van der Waals surface area contributed by atoms with Crippen LogP contribution in [0.1, 0.15) is 52.9 Å². The summed E-state index contributed by atoms with van der Waals surface area (Å²) in [6, 6.07) is 0. The Kier molecular flexibility index (Phi) is 5.03. The molecule has 1 rings (SSSR count). The van der Waals surface area contributed by atoms with E-state index in [1.807, 2.05) is 0 Å². The van der Waals surface area contributed by atoms with Crippen molar-refractivity contribution in [2.45, 2.75) is 52.9 Å². The van der Waals surface area contributed by atoms with E-state index in [2.05, 4.69) is 37.2 Å². The SMILES string of the molecule is C=C(CCC(C)(C)C)N=C(N)N1CCCCC1. The molecule has 2 N–H and O–H groups in total. The lowest BCUT2D eigenvalue weighted by molar-refractivity contribution is 0.338. The minimum Gasteiger partial charge on any atom is -0.369 e. The Morgan fingerprint density at radius 3 is 2.35 bits per heavy atom. The molecular weight excluding hydrogens is 210 g/mol. The summed E-state index contributed by atoms with van der Waals surface area (Å²) in [6.07, 6.45) is 5.80. The van der Waals surface area contributed by atoms with Crippen LogP contribution in [0.25, 0.3) is 0 Å². The lowest BCUT2D eigenvalue weighted by atomic mass is 9.90. The fourth-order valence-electron chi connectivity index (χ4n) is 1.93. The molecule has 0 aliphatic carbocycles. The van der Waals surface area contributed by atoms with Crippen LogP contribution >= 0.6 is 0 Å². The van der Waals surface area contributed by atoms with Crippen molar-refractivity contribution in [1.82, 2.24) is 4.90 Å². The number of hydrogen-bond donors (Lipinski definition) is 1. The maximum atomic E-state index is 6.00. The fraction of sp³-hybridized carbons (Fsp3) is 0.786. The highest BCUT2D eigenvalue weighted by Gasteiger charge is 2.13. The first-order valence-corrected chi connectivity index (χ1v) is 6.65. The fourth-order valence-corrected chi connectivity index (χ4v) is 1.93. The largest absolute Gasteiger partial charge is 0.369 e. The first-order valence-electron chi connectivity index (χ1n) is 6.65. The van der Waals surface area contributed by atoms with Crippen molar-refractivity contribution >= 4 is 5.96 Å². The van der Waals surface area contributed by atoms with Gasteiger partial charge in [-0.1, -0.05) is 27.4 Å². The Morgan fingerprint density at radius 1 is 1.24 bits per heavy atom. The molecule has 1 aliphatic heterocycles. The Bertz CT molecular complexity index is 280. The van der Waals surface area contributed by atoms with Crippen molar-refractivity contribution in [3.05, 3.63) is 12.3 Å². The lowest BCUT2D eigenvalue weighted by Crippen LogP contribution is -2.40. The maximum Gasteiger partial charge on any atom is 0.196 e. The molecule has 0 bridgehead atoms. The summed E-state index contributed by atoms with van der Waals surface area (Å²) in [7, 11) is 0. The second-order valence-corrected chi connectivity index (χ2v) is 6.14. The summed E-state index contributed by atoms with van der Waals surface area (Å²) in [4.78, 5) is 6.60. The Morgan fingerprint density at radius 2 is 1.82 bits per heavy atom. The van der Waals surface area contributed by atoms with Gasteiger partial charge in [-0.2, -0.15) is 0 Å². The zero-order chi connectivity index (χ0) is 12.9. The molecule has 1 heterocycles. The van der Waals surface area contributed by atoms with E-state index < -0.39 is 0 Å². The molecule has 3 heteroatoms. The topological polar surface area (TPSA) is 41.6 Å². The molecular formula is C14H27N3. The number of hydrogen-bond acceptors (Lipinski definition) is 1. The van der Waals surface area contributed by atoms with Gasteiger partial charge in [0.25, 0.3) is 0 Å². The highest BCUT2D eigenvalue weighted by molar-refractivity contribution is 5.79. The molecule has 0 unspecified atom stereocenters. The molecule has 0 spiro atoms. The van der Waals surface area contributed by atoms with E-state index in [4.69, 9.17) is 5.73 Å². The van der Waals surface area contributed by atoms with Crippen molar-refractivity contribution in [3.63, 3.8) is 0 Å². The number of nitrogens with two attached hydrogens (primary N) is 1. The quantitative estimate of drug-likeness (QED) is 0.605. The summed E-state index contributed by atoms with van der Waals surface area (Å²) in [5.41, 5.74) is 7.24. The van der Waals surface area contributed by atoms with E-state index in [1.165, 1.54) is 19.3 Å². The molecule has 3 nitrogen and oxygen atoms in total. The standard InChI is InChI=1S/C14H27N3/c1-12(8-9-14(2,3)4)16-13(15)17-10-6-5-7-11-17/h1,5-11H2,2-4H3,(H2,15,16). The van der Waals surface area contributed by atoms with Gasteiger partial charge in [-0.05, 0) is 37.5 Å². The van der Waals surface area contributed by atoms with Crippen molar-refractivity contribution in [2.75, 3.05) is 13.1 Å². The van der Waals surface area contributed by atoms with Crippen LogP contribution in [0.2, 0.25) is 0 Å². The Labute approximate surface area is 106 Å². The first kappa shape index (κ1) is 14.1. The molecule has 0 atom stereocenters. The lowest BCUT2D eigenvalue weighted by Gasteiger charge is -2.27. The van der Waals surface area contributed by atoms with Crippen LogP contribution in [0.5, 0.6) is 0 Å². The zero-order valence-electron chi connectivity index (χ0n) is 11.6. The molecule has 0 aromatic carbocycles. The summed E-state index contributed by atoms with van der Waals surface area (Å²) in [5, 5.41) is 0. The van der Waals surface area contributed by atoms with E-state index in [9.17, 15) is 0 Å². The predicted octanol–water partition coefficient (Wildman–Crippen LogP) is 3.13. The average Bonchev–Trinajstić information content (AvgIpc) is 2.27. The predicted molar refractivity (Wildman–Crippen MR) is 74.9 cm³/mol. The van der Waals surface area contributed by atoms with Crippen LogP contribution in [-0.4, -0.2) is 23.9 Å². The number of aliphatic imine (C=N–C) groups is 1. The van der Waals surface area contributed by atoms with E-state index in [0.717, 1.165) is 31.6 Å². The van der Waals surface area contributed by atoms with Crippen LogP contribution < -0.4 is 5.73 Å². The molecule has 17 heavy (non-hydrogen) atoms. The summed E-state index contributed by atoms with van der Waals surface area (Å²) >= 11 is 0. The van der Waals surface area contributed by atoms with E-state index >= 15 is 0 Å². The van der Waals surface area contributed by atoms with Crippen molar-refractivity contribution in [1.29, 1.82) is 0 Å². The molecule has 0 saturated carbocycles. The van der Waals surface area contributed by atoms with Crippen molar-refractivity contribution < 1.29 is 0 Å². The summed E-state index contributed by atoms with van der Waals surface area (Å²) < 4.78 is 0. The third kappa shape index (κ3) is 5.76. The number of guanidine groups is 1. The number of nitrogens with zero attached hydrogens (tertiary/aromatic N) is 2. The zero-order valence-corrected chi connectivity index (χ0v) is 11.6. The number of allylic oxidation sites excluding steroid dienone is 1. The van der Waals surface area contributed by atoms with Gasteiger partial charge in [0.1, 0.15) is 0 Å². The van der Waals surface area contributed by atoms with Gasteiger partial charge in [-0.15, -0.1) is 0 Å². The number of piperidine rings is 1. The molecule has 0 amide bonds. The average molecular weight is 237 g/mol. The smallest absolute Gasteiger partial charge is 0.196 e. The van der Waals surface area contributed by atoms with Crippen molar-refractivity contribution in [3.8, 4) is 0 Å². The Hall–Kier alpha value is -0.990. The first-order chi connectivity index (χ1) is 7.88. The van der Waals surface area contributed by atoms with Gasteiger partial charge >= 0.3 is 0 Å². The third-order valence-corrected chi connectivity index (χ3v) is 3.12. The van der Waals surface area contributed by atoms with Crippen LogP contribution in [0.3, 0.4) is 0 Å². The van der Waals surface area contributed by atoms with Gasteiger partial charge in [0.2, 0.25) is 0 Å². The van der Waals surface area contributed by atoms with Crippen LogP contribution in [0.15, 0.2) is 17.3 Å². The minimum absolute atomic E-state index is 0.332. The van der Waals surface area contributed by atoms with Crippen LogP contribution in [0, 0.1) is 5.41 Å². The highest BCUT2D eigenvalue weighted by Crippen LogP contribution is 2.23. The van der Waals surface area contributed by atoms with E-state index in [-0.39, 0.29) is 0 Å². The summed E-state index contributed by atoms with van der Waals surface area (Å²) in [6.45, 7) is 12.8. The number of rotatable bonds is 3. The van der Waals surface area contributed by atoms with Gasteiger partial charge < -0.3 is 10.6 Å². The van der Waals surface area contributed by atoms with E-state index in [0.29, 0.717) is 11.4 Å². The molecule has 0 aromatic heterocycles. The van der Waals surface area contributed by atoms with Crippen LogP contribution in [-0.2, 0) is 0 Å². The maximum absolute atomic E-state index is 6.00. The monoisotopic (exact) mass is 237 g/mol. The van der Waals surface area contributed by atoms with Gasteiger partial charge in [-0.25, -0.2) is 4.99 Å².